The van der Waals surface area contributed by atoms with E-state index in [1.165, 1.54) is 5.56 Å². The van der Waals surface area contributed by atoms with Crippen LogP contribution in [0, 0.1) is 0 Å². The van der Waals surface area contributed by atoms with Gasteiger partial charge in [-0.2, -0.15) is 0 Å². The molecule has 0 saturated heterocycles. The van der Waals surface area contributed by atoms with Crippen molar-refractivity contribution >= 4 is 17.7 Å². The topological polar surface area (TPSA) is 38.8 Å². The maximum atomic E-state index is 12.5. The van der Waals surface area contributed by atoms with Crippen LogP contribution in [0.25, 0.3) is 6.08 Å². The summed E-state index contributed by atoms with van der Waals surface area (Å²) in [6.07, 6.45) is 4.84. The van der Waals surface area contributed by atoms with Gasteiger partial charge in [0, 0.05) is 12.2 Å². The zero-order valence-electron chi connectivity index (χ0n) is 14.0. The molecule has 1 amide bonds. The van der Waals surface area contributed by atoms with E-state index >= 15 is 0 Å². The molecule has 0 N–H and O–H groups in total. The number of amides is 1. The van der Waals surface area contributed by atoms with Crippen LogP contribution in [0.2, 0.25) is 0 Å². The Kier molecular flexibility index (Phi) is 4.85. The van der Waals surface area contributed by atoms with Gasteiger partial charge in [-0.1, -0.05) is 36.4 Å². The van der Waals surface area contributed by atoms with Crippen molar-refractivity contribution in [1.29, 1.82) is 0 Å². The summed E-state index contributed by atoms with van der Waals surface area (Å²) in [6, 6.07) is 13.7. The number of benzene rings is 2. The lowest BCUT2D eigenvalue weighted by Gasteiger charge is -2.18. The number of carbonyl (C=O) groups excluding carboxylic acids is 1. The predicted octanol–water partition coefficient (Wildman–Crippen LogP) is 3.70. The van der Waals surface area contributed by atoms with E-state index in [9.17, 15) is 4.79 Å². The smallest absolute Gasteiger partial charge is 0.264 e. The van der Waals surface area contributed by atoms with Crippen LogP contribution >= 0.6 is 0 Å². The first-order valence-electron chi connectivity index (χ1n) is 8.04. The Morgan fingerprint density at radius 2 is 2.04 bits per heavy atom. The number of fused-ring (bicyclic) bond motifs is 1. The van der Waals surface area contributed by atoms with Gasteiger partial charge < -0.3 is 14.4 Å². The summed E-state index contributed by atoms with van der Waals surface area (Å²) in [4.78, 5) is 14.3. The lowest BCUT2D eigenvalue weighted by molar-refractivity contribution is -0.120. The third-order valence-corrected chi connectivity index (χ3v) is 4.09. The van der Waals surface area contributed by atoms with Crippen molar-refractivity contribution in [2.75, 3.05) is 25.2 Å². The Bertz CT molecular complexity index is 767. The molecule has 0 fully saturated rings. The van der Waals surface area contributed by atoms with Crippen molar-refractivity contribution < 1.29 is 14.3 Å². The first-order valence-corrected chi connectivity index (χ1v) is 8.04. The van der Waals surface area contributed by atoms with Crippen LogP contribution in [0.4, 0.5) is 5.69 Å². The van der Waals surface area contributed by atoms with Gasteiger partial charge in [-0.15, -0.1) is 0 Å². The molecular weight excluding hydrogens is 302 g/mol. The van der Waals surface area contributed by atoms with Gasteiger partial charge in [-0.3, -0.25) is 4.79 Å². The second-order valence-corrected chi connectivity index (χ2v) is 5.62. The molecule has 2 aromatic rings. The number of ether oxygens (including phenoxy) is 2. The number of nitrogens with zero attached hydrogens (tertiary/aromatic N) is 1. The Morgan fingerprint density at radius 1 is 1.21 bits per heavy atom. The fraction of sp³-hybridized carbons (Fsp3) is 0.250. The van der Waals surface area contributed by atoms with Crippen LogP contribution < -0.4 is 14.4 Å². The average Bonchev–Trinajstić information content (AvgIpc) is 3.04. The molecule has 0 atom stereocenters. The molecule has 124 valence electrons. The Labute approximate surface area is 142 Å². The lowest BCUT2D eigenvalue weighted by atomic mass is 10.2. The second-order valence-electron chi connectivity index (χ2n) is 5.62. The Balaban J connectivity index is 1.69. The van der Waals surface area contributed by atoms with Crippen molar-refractivity contribution in [3.05, 3.63) is 59.7 Å². The molecule has 3 rings (SSSR count). The average molecular weight is 323 g/mol. The van der Waals surface area contributed by atoms with Crippen molar-refractivity contribution in [2.24, 2.45) is 0 Å². The number of hydrogen-bond donors (Lipinski definition) is 0. The SMILES string of the molecule is C/C=C\c1ccc(OCC(=O)N2CCc3ccccc32)c(OC)c1. The van der Waals surface area contributed by atoms with Gasteiger partial charge in [0.2, 0.25) is 0 Å². The zero-order valence-corrected chi connectivity index (χ0v) is 14.0. The Hall–Kier alpha value is -2.75. The van der Waals surface area contributed by atoms with E-state index in [1.807, 2.05) is 55.5 Å². The number of para-hydroxylation sites is 1. The molecule has 1 heterocycles. The van der Waals surface area contributed by atoms with E-state index in [2.05, 4.69) is 6.07 Å². The lowest BCUT2D eigenvalue weighted by Crippen LogP contribution is -2.33. The van der Waals surface area contributed by atoms with Crippen molar-refractivity contribution in [1.82, 2.24) is 0 Å². The van der Waals surface area contributed by atoms with Crippen LogP contribution in [0.15, 0.2) is 48.5 Å². The van der Waals surface area contributed by atoms with Gasteiger partial charge in [0.15, 0.2) is 18.1 Å². The Morgan fingerprint density at radius 3 is 2.83 bits per heavy atom. The van der Waals surface area contributed by atoms with Crippen LogP contribution in [0.3, 0.4) is 0 Å². The largest absolute Gasteiger partial charge is 0.493 e. The van der Waals surface area contributed by atoms with Crippen molar-refractivity contribution in [3.63, 3.8) is 0 Å². The normalized spacial score (nSPS) is 13.2. The maximum Gasteiger partial charge on any atom is 0.264 e. The molecule has 24 heavy (non-hydrogen) atoms. The molecule has 4 heteroatoms. The fourth-order valence-electron chi connectivity index (χ4n) is 2.91. The quantitative estimate of drug-likeness (QED) is 0.842. The maximum absolute atomic E-state index is 12.5. The van der Waals surface area contributed by atoms with Crippen LogP contribution in [0.1, 0.15) is 18.1 Å². The number of allylic oxidation sites excluding steroid dienone is 1. The molecule has 0 radical (unpaired) electrons. The van der Waals surface area contributed by atoms with Gasteiger partial charge in [-0.05, 0) is 42.7 Å². The summed E-state index contributed by atoms with van der Waals surface area (Å²) < 4.78 is 11.1. The van der Waals surface area contributed by atoms with E-state index < -0.39 is 0 Å². The van der Waals surface area contributed by atoms with Gasteiger partial charge in [0.25, 0.3) is 5.91 Å². The van der Waals surface area contributed by atoms with E-state index in [0.29, 0.717) is 18.0 Å². The van der Waals surface area contributed by atoms with Gasteiger partial charge in [0.05, 0.1) is 7.11 Å². The predicted molar refractivity (Wildman–Crippen MR) is 95.7 cm³/mol. The molecule has 1 aliphatic heterocycles. The highest BCUT2D eigenvalue weighted by Gasteiger charge is 2.24. The third-order valence-electron chi connectivity index (χ3n) is 4.09. The first-order chi connectivity index (χ1) is 11.7. The standard InChI is InChI=1S/C20H21NO3/c1-3-6-15-9-10-18(19(13-15)23-2)24-14-20(22)21-12-11-16-7-4-5-8-17(16)21/h3-10,13H,11-12,14H2,1-2H3/b6-3-. The van der Waals surface area contributed by atoms with E-state index in [4.69, 9.17) is 9.47 Å². The summed E-state index contributed by atoms with van der Waals surface area (Å²) in [5.41, 5.74) is 3.22. The monoisotopic (exact) mass is 323 g/mol. The molecule has 0 saturated carbocycles. The van der Waals surface area contributed by atoms with Crippen LogP contribution in [-0.2, 0) is 11.2 Å². The minimum Gasteiger partial charge on any atom is -0.493 e. The summed E-state index contributed by atoms with van der Waals surface area (Å²) >= 11 is 0. The summed E-state index contributed by atoms with van der Waals surface area (Å²) in [5, 5.41) is 0. The summed E-state index contributed by atoms with van der Waals surface area (Å²) in [5.74, 6) is 1.16. The highest BCUT2D eigenvalue weighted by molar-refractivity contribution is 5.96. The highest BCUT2D eigenvalue weighted by Crippen LogP contribution is 2.30. The van der Waals surface area contributed by atoms with Gasteiger partial charge in [0.1, 0.15) is 0 Å². The van der Waals surface area contributed by atoms with E-state index in [-0.39, 0.29) is 12.5 Å². The number of methoxy groups -OCH3 is 1. The molecule has 4 nitrogen and oxygen atoms in total. The summed E-state index contributed by atoms with van der Waals surface area (Å²) in [6.45, 7) is 2.66. The van der Waals surface area contributed by atoms with E-state index in [0.717, 1.165) is 17.7 Å². The number of carbonyl (C=O) groups is 1. The van der Waals surface area contributed by atoms with Crippen LogP contribution in [-0.4, -0.2) is 26.2 Å². The first kappa shape index (κ1) is 16.1. The molecular formula is C20H21NO3. The highest BCUT2D eigenvalue weighted by atomic mass is 16.5. The number of rotatable bonds is 5. The zero-order chi connectivity index (χ0) is 16.9. The number of hydrogen-bond acceptors (Lipinski definition) is 3. The molecule has 0 aliphatic carbocycles. The molecule has 0 spiro atoms. The van der Waals surface area contributed by atoms with Gasteiger partial charge >= 0.3 is 0 Å². The third kappa shape index (κ3) is 3.27. The second kappa shape index (κ2) is 7.21. The molecule has 0 bridgehead atoms. The van der Waals surface area contributed by atoms with Crippen LogP contribution in [0.5, 0.6) is 11.5 Å². The van der Waals surface area contributed by atoms with Crippen molar-refractivity contribution in [3.8, 4) is 11.5 Å². The van der Waals surface area contributed by atoms with Crippen molar-refractivity contribution in [2.45, 2.75) is 13.3 Å². The van der Waals surface area contributed by atoms with Gasteiger partial charge in [-0.25, -0.2) is 0 Å². The van der Waals surface area contributed by atoms with E-state index in [1.54, 1.807) is 12.0 Å². The summed E-state index contributed by atoms with van der Waals surface area (Å²) in [7, 11) is 1.60. The number of anilines is 1. The fourth-order valence-corrected chi connectivity index (χ4v) is 2.91. The molecule has 2 aromatic carbocycles. The minimum absolute atomic E-state index is 0.00629. The minimum atomic E-state index is -0.0421. The molecule has 0 aromatic heterocycles. The molecule has 1 aliphatic rings. The molecule has 0 unspecified atom stereocenters.